The molecule has 1 aromatic carbocycles. The van der Waals surface area contributed by atoms with E-state index < -0.39 is 0 Å². The quantitative estimate of drug-likeness (QED) is 0.192. The molecule has 0 saturated heterocycles. The van der Waals surface area contributed by atoms with E-state index in [-0.39, 0.29) is 5.41 Å². The standard InChI is InChI=1S/C40H43BrS/c1-8-17-38(33(11-4)30-18-12-13-20-31(41)27-30)42-39(26-28(5)9-2)32(10-3)29-19-16-22-35-34-21-14-15-23-36(34)40(6,7)37(35)25-24-29/h8-17,19-21,23-24,27H,1,3,18,22,25-26H2,2,4-7H3/b19-16-,28-9-,29-24?,33-11-,38-17+,39-32-. The average Bonchev–Trinajstić information content (AvgIpc) is 3.06. The van der Waals surface area contributed by atoms with Gasteiger partial charge < -0.3 is 0 Å². The van der Waals surface area contributed by atoms with Crippen molar-refractivity contribution in [3.05, 3.63) is 169 Å². The molecule has 0 heterocycles. The zero-order chi connectivity index (χ0) is 30.3. The van der Waals surface area contributed by atoms with Crippen molar-refractivity contribution in [2.75, 3.05) is 0 Å². The molecule has 0 N–H and O–H groups in total. The number of halogens is 1. The number of allylic oxidation sites excluding steroid dienone is 21. The van der Waals surface area contributed by atoms with Gasteiger partial charge >= 0.3 is 0 Å². The first-order chi connectivity index (χ1) is 20.2. The van der Waals surface area contributed by atoms with Crippen molar-refractivity contribution in [1.29, 1.82) is 0 Å². The molecule has 3 aliphatic rings. The second-order valence-electron chi connectivity index (χ2n) is 11.4. The van der Waals surface area contributed by atoms with Gasteiger partial charge in [-0.1, -0.05) is 145 Å². The van der Waals surface area contributed by atoms with Gasteiger partial charge in [-0.3, -0.25) is 0 Å². The van der Waals surface area contributed by atoms with E-state index in [4.69, 9.17) is 0 Å². The van der Waals surface area contributed by atoms with Gasteiger partial charge in [0.1, 0.15) is 0 Å². The van der Waals surface area contributed by atoms with Crippen molar-refractivity contribution < 1.29 is 0 Å². The molecule has 0 aliphatic heterocycles. The van der Waals surface area contributed by atoms with Crippen molar-refractivity contribution in [3.63, 3.8) is 0 Å². The summed E-state index contributed by atoms with van der Waals surface area (Å²) >= 11 is 5.55. The highest BCUT2D eigenvalue weighted by atomic mass is 79.9. The van der Waals surface area contributed by atoms with E-state index in [1.54, 1.807) is 0 Å². The van der Waals surface area contributed by atoms with Crippen LogP contribution >= 0.6 is 27.7 Å². The van der Waals surface area contributed by atoms with E-state index in [2.05, 4.69) is 155 Å². The summed E-state index contributed by atoms with van der Waals surface area (Å²) in [5, 5.41) is 0. The number of thioether (sulfide) groups is 1. The molecule has 0 spiro atoms. The van der Waals surface area contributed by atoms with Crippen molar-refractivity contribution in [1.82, 2.24) is 0 Å². The molecule has 216 valence electrons. The Balaban J connectivity index is 1.78. The van der Waals surface area contributed by atoms with E-state index in [1.807, 2.05) is 17.8 Å². The van der Waals surface area contributed by atoms with Gasteiger partial charge in [-0.25, -0.2) is 0 Å². The van der Waals surface area contributed by atoms with Crippen LogP contribution in [-0.4, -0.2) is 0 Å². The molecule has 0 bridgehead atoms. The van der Waals surface area contributed by atoms with E-state index in [0.717, 1.165) is 30.2 Å². The fraction of sp³-hybridized carbons (Fsp3) is 0.250. The Bertz CT molecular complexity index is 1570. The van der Waals surface area contributed by atoms with Crippen molar-refractivity contribution in [3.8, 4) is 0 Å². The highest BCUT2D eigenvalue weighted by Gasteiger charge is 2.36. The summed E-state index contributed by atoms with van der Waals surface area (Å²) in [6.45, 7) is 19.6. The molecule has 0 amide bonds. The molecule has 0 nitrogen and oxygen atoms in total. The fourth-order valence-corrected chi connectivity index (χ4v) is 7.87. The van der Waals surface area contributed by atoms with Gasteiger partial charge in [-0.15, -0.1) is 0 Å². The largest absolute Gasteiger partial charge is 0.0990 e. The van der Waals surface area contributed by atoms with Crippen molar-refractivity contribution >= 4 is 33.3 Å². The first-order valence-electron chi connectivity index (χ1n) is 14.8. The summed E-state index contributed by atoms with van der Waals surface area (Å²) in [6.07, 6.45) is 29.9. The van der Waals surface area contributed by atoms with Gasteiger partial charge in [0, 0.05) is 19.7 Å². The lowest BCUT2D eigenvalue weighted by molar-refractivity contribution is 0.624. The summed E-state index contributed by atoms with van der Waals surface area (Å²) in [5.41, 5.74) is 12.2. The number of hydrogen-bond acceptors (Lipinski definition) is 1. The lowest BCUT2D eigenvalue weighted by Gasteiger charge is -2.25. The number of benzene rings is 1. The third-order valence-electron chi connectivity index (χ3n) is 8.38. The fourth-order valence-electron chi connectivity index (χ4n) is 6.04. The molecule has 0 fully saturated rings. The Kier molecular flexibility index (Phi) is 10.9. The van der Waals surface area contributed by atoms with Crippen LogP contribution in [0, 0.1) is 0 Å². The van der Waals surface area contributed by atoms with Crippen LogP contribution in [0.5, 0.6) is 0 Å². The van der Waals surface area contributed by atoms with Crippen LogP contribution in [0.2, 0.25) is 0 Å². The van der Waals surface area contributed by atoms with Crippen LogP contribution in [0.1, 0.15) is 71.4 Å². The van der Waals surface area contributed by atoms with E-state index in [1.165, 1.54) is 59.9 Å². The number of rotatable bonds is 9. The molecule has 3 aliphatic carbocycles. The molecule has 1 aromatic rings. The predicted molar refractivity (Wildman–Crippen MR) is 193 cm³/mol. The minimum absolute atomic E-state index is 0.0280. The van der Waals surface area contributed by atoms with Gasteiger partial charge in [0.15, 0.2) is 0 Å². The molecule has 0 saturated carbocycles. The minimum Gasteiger partial charge on any atom is -0.0990 e. The lowest BCUT2D eigenvalue weighted by atomic mass is 9.79. The second-order valence-corrected chi connectivity index (χ2v) is 13.4. The average molecular weight is 636 g/mol. The van der Waals surface area contributed by atoms with Gasteiger partial charge in [-0.2, -0.15) is 0 Å². The molecular formula is C40H43BrS. The summed E-state index contributed by atoms with van der Waals surface area (Å²) < 4.78 is 1.08. The molecule has 0 radical (unpaired) electrons. The molecule has 2 heteroatoms. The van der Waals surface area contributed by atoms with Crippen molar-refractivity contribution in [2.24, 2.45) is 0 Å². The van der Waals surface area contributed by atoms with E-state index in [9.17, 15) is 0 Å². The van der Waals surface area contributed by atoms with Crippen LogP contribution in [0.4, 0.5) is 0 Å². The van der Waals surface area contributed by atoms with E-state index >= 15 is 0 Å². The Morgan fingerprint density at radius 3 is 2.55 bits per heavy atom. The lowest BCUT2D eigenvalue weighted by Crippen LogP contribution is -2.17. The maximum atomic E-state index is 4.34. The van der Waals surface area contributed by atoms with Crippen LogP contribution in [-0.2, 0) is 5.41 Å². The second kappa shape index (κ2) is 14.4. The van der Waals surface area contributed by atoms with E-state index in [0.29, 0.717) is 0 Å². The van der Waals surface area contributed by atoms with Gasteiger partial charge in [-0.05, 0) is 104 Å². The van der Waals surface area contributed by atoms with Crippen LogP contribution in [0.15, 0.2) is 158 Å². The summed E-state index contributed by atoms with van der Waals surface area (Å²) in [4.78, 5) is 2.49. The third kappa shape index (κ3) is 6.93. The van der Waals surface area contributed by atoms with Crippen LogP contribution < -0.4 is 0 Å². The highest BCUT2D eigenvalue weighted by Crippen LogP contribution is 2.50. The minimum atomic E-state index is 0.0280. The van der Waals surface area contributed by atoms with Crippen molar-refractivity contribution in [2.45, 2.75) is 65.7 Å². The van der Waals surface area contributed by atoms with Crippen LogP contribution in [0.3, 0.4) is 0 Å². The molecule has 42 heavy (non-hydrogen) atoms. The molecule has 0 aromatic heterocycles. The van der Waals surface area contributed by atoms with Crippen LogP contribution in [0.25, 0.3) is 5.57 Å². The SMILES string of the molecule is C=C/C=C(S/C(C/C(C)=C\C)=C(/C=C)C1=CCC2=C(C/C=C\1)c1ccccc1C2(C)C)\C(=C/C)C1=CC(Br)=CC=CC1. The monoisotopic (exact) mass is 634 g/mol. The Morgan fingerprint density at radius 1 is 1.05 bits per heavy atom. The first-order valence-corrected chi connectivity index (χ1v) is 16.4. The zero-order valence-electron chi connectivity index (χ0n) is 25.8. The molecule has 0 unspecified atom stereocenters. The smallest absolute Gasteiger partial charge is 0.0191 e. The Labute approximate surface area is 267 Å². The van der Waals surface area contributed by atoms with Gasteiger partial charge in [0.25, 0.3) is 0 Å². The molecule has 4 rings (SSSR count). The topological polar surface area (TPSA) is 0 Å². The first kappa shape index (κ1) is 31.9. The number of hydrogen-bond donors (Lipinski definition) is 0. The Morgan fingerprint density at radius 2 is 1.83 bits per heavy atom. The summed E-state index contributed by atoms with van der Waals surface area (Å²) in [6, 6.07) is 8.94. The van der Waals surface area contributed by atoms with Gasteiger partial charge in [0.05, 0.1) is 0 Å². The molecular weight excluding hydrogens is 592 g/mol. The molecule has 0 atom stereocenters. The zero-order valence-corrected chi connectivity index (χ0v) is 28.2. The highest BCUT2D eigenvalue weighted by molar-refractivity contribution is 9.11. The Hall–Kier alpha value is -3.07. The number of fused-ring (bicyclic) bond motifs is 2. The van der Waals surface area contributed by atoms with Gasteiger partial charge in [0.2, 0.25) is 0 Å². The predicted octanol–water partition coefficient (Wildman–Crippen LogP) is 12.7. The normalized spacial score (nSPS) is 20.2. The third-order valence-corrected chi connectivity index (χ3v) is 10.1. The summed E-state index contributed by atoms with van der Waals surface area (Å²) in [5.74, 6) is 0. The maximum absolute atomic E-state index is 4.34. The summed E-state index contributed by atoms with van der Waals surface area (Å²) in [7, 11) is 0. The maximum Gasteiger partial charge on any atom is 0.0191 e.